The normalized spacial score (nSPS) is 25.2. The molecule has 2 unspecified atom stereocenters. The molecule has 0 aromatic heterocycles. The van der Waals surface area contributed by atoms with Crippen LogP contribution >= 0.6 is 0 Å². The lowest BCUT2D eigenvalue weighted by Gasteiger charge is -2.17. The second-order valence-corrected chi connectivity index (χ2v) is 8.32. The molecule has 2 fully saturated rings. The topological polar surface area (TPSA) is 81.9 Å². The van der Waals surface area contributed by atoms with E-state index < -0.39 is 15.8 Å². The Morgan fingerprint density at radius 1 is 1.33 bits per heavy atom. The van der Waals surface area contributed by atoms with E-state index in [9.17, 15) is 12.8 Å². The van der Waals surface area contributed by atoms with Gasteiger partial charge < -0.3 is 15.2 Å². The number of nitrogens with two attached hydrogens (primary N) is 1. The molecular weight excluding hydrogens is 335 g/mol. The van der Waals surface area contributed by atoms with Gasteiger partial charge in [0.25, 0.3) is 0 Å². The first-order chi connectivity index (χ1) is 11.5. The number of hydrogen-bond donors (Lipinski definition) is 1. The number of sulfonamides is 1. The van der Waals surface area contributed by atoms with Crippen molar-refractivity contribution < 1.29 is 22.3 Å². The van der Waals surface area contributed by atoms with Crippen LogP contribution in [0.25, 0.3) is 0 Å². The summed E-state index contributed by atoms with van der Waals surface area (Å²) < 4.78 is 51.5. The van der Waals surface area contributed by atoms with Crippen molar-refractivity contribution in [3.63, 3.8) is 0 Å². The second kappa shape index (κ2) is 7.35. The summed E-state index contributed by atoms with van der Waals surface area (Å²) in [5, 5.41) is 0. The lowest BCUT2D eigenvalue weighted by Crippen LogP contribution is -2.30. The van der Waals surface area contributed by atoms with Gasteiger partial charge in [-0.25, -0.2) is 12.8 Å². The molecule has 2 aliphatic rings. The molecule has 2 saturated heterocycles. The Labute approximate surface area is 141 Å². The number of hydrogen-bond acceptors (Lipinski definition) is 5. The Balaban J connectivity index is 1.69. The van der Waals surface area contributed by atoms with Gasteiger partial charge in [0, 0.05) is 25.6 Å². The Hall–Kier alpha value is -1.22. The predicted octanol–water partition coefficient (Wildman–Crippen LogP) is 1.21. The standard InChI is InChI=1S/C16H23FN2O4S/c17-15-7-14(24(20,21)19-5-3-12(8-18)9-19)1-2-16(15)23-11-13-4-6-22-10-13/h1-2,7,12-13H,3-6,8-11,18H2. The van der Waals surface area contributed by atoms with Crippen molar-refractivity contribution in [2.75, 3.05) is 39.5 Å². The zero-order valence-electron chi connectivity index (χ0n) is 13.5. The number of halogens is 1. The summed E-state index contributed by atoms with van der Waals surface area (Å²) in [4.78, 5) is -0.0470. The number of benzene rings is 1. The fourth-order valence-corrected chi connectivity index (χ4v) is 4.58. The molecule has 2 N–H and O–H groups in total. The van der Waals surface area contributed by atoms with Crippen LogP contribution in [0.15, 0.2) is 23.1 Å². The van der Waals surface area contributed by atoms with Crippen LogP contribution in [0.4, 0.5) is 4.39 Å². The van der Waals surface area contributed by atoms with Crippen LogP contribution < -0.4 is 10.5 Å². The largest absolute Gasteiger partial charge is 0.490 e. The highest BCUT2D eigenvalue weighted by atomic mass is 32.2. The maximum atomic E-state index is 14.2. The van der Waals surface area contributed by atoms with E-state index in [0.717, 1.165) is 18.9 Å². The van der Waals surface area contributed by atoms with Crippen LogP contribution in [0.3, 0.4) is 0 Å². The van der Waals surface area contributed by atoms with E-state index in [0.29, 0.717) is 39.5 Å². The van der Waals surface area contributed by atoms with E-state index in [2.05, 4.69) is 0 Å². The maximum absolute atomic E-state index is 14.2. The van der Waals surface area contributed by atoms with Gasteiger partial charge in [0.15, 0.2) is 11.6 Å². The molecule has 0 radical (unpaired) electrons. The smallest absolute Gasteiger partial charge is 0.243 e. The van der Waals surface area contributed by atoms with E-state index >= 15 is 0 Å². The first kappa shape index (κ1) is 17.6. The average molecular weight is 358 g/mol. The van der Waals surface area contributed by atoms with E-state index in [1.807, 2.05) is 0 Å². The van der Waals surface area contributed by atoms with E-state index in [1.165, 1.54) is 16.4 Å². The molecule has 1 aromatic rings. The molecule has 0 aliphatic carbocycles. The fraction of sp³-hybridized carbons (Fsp3) is 0.625. The third-order valence-electron chi connectivity index (χ3n) is 4.62. The second-order valence-electron chi connectivity index (χ2n) is 6.39. The highest BCUT2D eigenvalue weighted by Crippen LogP contribution is 2.27. The molecule has 8 heteroatoms. The van der Waals surface area contributed by atoms with Crippen molar-refractivity contribution >= 4 is 10.0 Å². The van der Waals surface area contributed by atoms with Gasteiger partial charge in [0.2, 0.25) is 10.0 Å². The molecule has 2 heterocycles. The van der Waals surface area contributed by atoms with Crippen LogP contribution in [0, 0.1) is 17.7 Å². The van der Waals surface area contributed by atoms with Crippen LogP contribution in [-0.2, 0) is 14.8 Å². The molecule has 2 atom stereocenters. The first-order valence-electron chi connectivity index (χ1n) is 8.21. The SMILES string of the molecule is NCC1CCN(S(=O)(=O)c2ccc(OCC3CCOC3)c(F)c2)C1. The Morgan fingerprint density at radius 2 is 2.17 bits per heavy atom. The minimum atomic E-state index is -3.69. The minimum Gasteiger partial charge on any atom is -0.490 e. The summed E-state index contributed by atoms with van der Waals surface area (Å²) in [5.74, 6) is -0.168. The minimum absolute atomic E-state index is 0.0470. The highest BCUT2D eigenvalue weighted by Gasteiger charge is 2.32. The van der Waals surface area contributed by atoms with Crippen molar-refractivity contribution in [1.29, 1.82) is 0 Å². The lowest BCUT2D eigenvalue weighted by molar-refractivity contribution is 0.165. The molecule has 134 valence electrons. The van der Waals surface area contributed by atoms with Gasteiger partial charge in [-0.3, -0.25) is 0 Å². The third-order valence-corrected chi connectivity index (χ3v) is 6.48. The van der Waals surface area contributed by atoms with E-state index in [-0.39, 0.29) is 22.5 Å². The maximum Gasteiger partial charge on any atom is 0.243 e. The molecule has 0 amide bonds. The monoisotopic (exact) mass is 358 g/mol. The molecule has 3 rings (SSSR count). The van der Waals surface area contributed by atoms with Crippen molar-refractivity contribution in [3.8, 4) is 5.75 Å². The van der Waals surface area contributed by atoms with Gasteiger partial charge in [0.05, 0.1) is 18.1 Å². The van der Waals surface area contributed by atoms with Gasteiger partial charge in [-0.1, -0.05) is 0 Å². The molecule has 0 bridgehead atoms. The average Bonchev–Trinajstić information content (AvgIpc) is 3.25. The van der Waals surface area contributed by atoms with Crippen molar-refractivity contribution in [1.82, 2.24) is 4.31 Å². The summed E-state index contributed by atoms with van der Waals surface area (Å²) in [6.45, 7) is 2.95. The predicted molar refractivity (Wildman–Crippen MR) is 86.7 cm³/mol. The third kappa shape index (κ3) is 3.72. The zero-order chi connectivity index (χ0) is 17.2. The van der Waals surface area contributed by atoms with Gasteiger partial charge in [-0.2, -0.15) is 4.31 Å². The number of rotatable bonds is 6. The highest BCUT2D eigenvalue weighted by molar-refractivity contribution is 7.89. The quantitative estimate of drug-likeness (QED) is 0.827. The van der Waals surface area contributed by atoms with Gasteiger partial charge in [0.1, 0.15) is 0 Å². The summed E-state index contributed by atoms with van der Waals surface area (Å²) >= 11 is 0. The summed E-state index contributed by atoms with van der Waals surface area (Å²) in [6, 6.07) is 3.81. The summed E-state index contributed by atoms with van der Waals surface area (Å²) in [5.41, 5.74) is 5.60. The van der Waals surface area contributed by atoms with Gasteiger partial charge in [-0.05, 0) is 43.5 Å². The first-order valence-corrected chi connectivity index (χ1v) is 9.65. The van der Waals surface area contributed by atoms with E-state index in [1.54, 1.807) is 0 Å². The molecule has 6 nitrogen and oxygen atoms in total. The fourth-order valence-electron chi connectivity index (χ4n) is 3.04. The van der Waals surface area contributed by atoms with Gasteiger partial charge >= 0.3 is 0 Å². The van der Waals surface area contributed by atoms with Crippen LogP contribution in [0.5, 0.6) is 5.75 Å². The molecule has 0 spiro atoms. The Morgan fingerprint density at radius 3 is 2.79 bits per heavy atom. The number of nitrogens with zero attached hydrogens (tertiary/aromatic N) is 1. The van der Waals surface area contributed by atoms with Crippen LogP contribution in [0.2, 0.25) is 0 Å². The molecule has 0 saturated carbocycles. The van der Waals surface area contributed by atoms with Crippen molar-refractivity contribution in [2.45, 2.75) is 17.7 Å². The molecule has 2 aliphatic heterocycles. The summed E-state index contributed by atoms with van der Waals surface area (Å²) in [6.07, 6.45) is 1.63. The van der Waals surface area contributed by atoms with Crippen molar-refractivity contribution in [3.05, 3.63) is 24.0 Å². The number of ether oxygens (including phenoxy) is 2. The van der Waals surface area contributed by atoms with Gasteiger partial charge in [-0.15, -0.1) is 0 Å². The van der Waals surface area contributed by atoms with Crippen LogP contribution in [0.1, 0.15) is 12.8 Å². The van der Waals surface area contributed by atoms with E-state index in [4.69, 9.17) is 15.2 Å². The lowest BCUT2D eigenvalue weighted by atomic mass is 10.1. The van der Waals surface area contributed by atoms with Crippen molar-refractivity contribution in [2.24, 2.45) is 17.6 Å². The Bertz CT molecular complexity index is 677. The Kier molecular flexibility index (Phi) is 5.39. The molecule has 24 heavy (non-hydrogen) atoms. The zero-order valence-corrected chi connectivity index (χ0v) is 14.3. The molecular formula is C16H23FN2O4S. The molecule has 1 aromatic carbocycles. The summed E-state index contributed by atoms with van der Waals surface area (Å²) in [7, 11) is -3.69. The van der Waals surface area contributed by atoms with Crippen LogP contribution in [-0.4, -0.2) is 52.2 Å².